The molecule has 0 aliphatic carbocycles. The van der Waals surface area contributed by atoms with Crippen LogP contribution in [-0.2, 0) is 18.9 Å². The van der Waals surface area contributed by atoms with Crippen LogP contribution in [0.3, 0.4) is 0 Å². The van der Waals surface area contributed by atoms with Crippen molar-refractivity contribution in [2.24, 2.45) is 0 Å². The van der Waals surface area contributed by atoms with Crippen LogP contribution >= 0.6 is 0 Å². The van der Waals surface area contributed by atoms with Gasteiger partial charge in [-0.3, -0.25) is 0 Å². The summed E-state index contributed by atoms with van der Waals surface area (Å²) in [6, 6.07) is 0. The van der Waals surface area contributed by atoms with Gasteiger partial charge in [0.25, 0.3) is 0 Å². The molecule has 130 valence electrons. The number of hydrogen-bond donors (Lipinski definition) is 0. The average Bonchev–Trinajstić information content (AvgIpc) is 2.63. The maximum atomic E-state index is 5.04. The molecule has 4 heteroatoms. The summed E-state index contributed by atoms with van der Waals surface area (Å²) < 4.78 is 19.7. The Morgan fingerprint density at radius 2 is 0.760 bits per heavy atom. The van der Waals surface area contributed by atoms with Crippen LogP contribution in [0, 0.1) is 72.6 Å². The van der Waals surface area contributed by atoms with Crippen LogP contribution in [-0.4, -0.2) is 52.9 Å². The van der Waals surface area contributed by atoms with E-state index in [1.165, 1.54) is 0 Å². The standard InChI is InChI=1S/C11H12O2.C10H10O2/c1-3-5-9-13-11-7-6-10-12-8-4-2;1-3-7-11-9-5-6-10-12-8-4-2/h2H,8-11H2,1H3;1-2H,7-10H2. The largest absolute Gasteiger partial charge is 0.356 e. The highest BCUT2D eigenvalue weighted by Gasteiger charge is 1.78. The normalized spacial score (nSPS) is 7.44. The monoisotopic (exact) mass is 338 g/mol. The second-order valence-electron chi connectivity index (χ2n) is 3.72. The Balaban J connectivity index is 0. The fourth-order valence-corrected chi connectivity index (χ4v) is 0.912. The van der Waals surface area contributed by atoms with E-state index in [4.69, 9.17) is 38.2 Å². The van der Waals surface area contributed by atoms with Crippen LogP contribution < -0.4 is 0 Å². The molecule has 0 saturated heterocycles. The second kappa shape index (κ2) is 26.1. The zero-order valence-electron chi connectivity index (χ0n) is 14.5. The van der Waals surface area contributed by atoms with Crippen molar-refractivity contribution in [2.45, 2.75) is 6.92 Å². The molecule has 0 fully saturated rings. The van der Waals surface area contributed by atoms with Gasteiger partial charge in [0.15, 0.2) is 0 Å². The van der Waals surface area contributed by atoms with Crippen LogP contribution in [0.25, 0.3) is 0 Å². The molecule has 0 amide bonds. The molecule has 0 rings (SSSR count). The molecular formula is C21H22O4. The van der Waals surface area contributed by atoms with E-state index in [1.807, 2.05) is 0 Å². The van der Waals surface area contributed by atoms with E-state index in [9.17, 15) is 0 Å². The lowest BCUT2D eigenvalue weighted by molar-refractivity contribution is 0.198. The first-order valence-electron chi connectivity index (χ1n) is 7.25. The average molecular weight is 338 g/mol. The van der Waals surface area contributed by atoms with E-state index < -0.39 is 0 Å². The van der Waals surface area contributed by atoms with Gasteiger partial charge in [-0.05, 0) is 6.92 Å². The van der Waals surface area contributed by atoms with Crippen molar-refractivity contribution in [3.8, 4) is 72.6 Å². The van der Waals surface area contributed by atoms with Crippen LogP contribution in [0.1, 0.15) is 6.92 Å². The third-order valence-electron chi connectivity index (χ3n) is 1.85. The molecule has 0 aliphatic heterocycles. The number of ether oxygens (including phenoxy) is 4. The Hall–Kier alpha value is -2.80. The van der Waals surface area contributed by atoms with Gasteiger partial charge in [0.05, 0.1) is 0 Å². The molecule has 0 bridgehead atoms. The van der Waals surface area contributed by atoms with Gasteiger partial charge in [-0.1, -0.05) is 47.4 Å². The minimum atomic E-state index is 0.292. The van der Waals surface area contributed by atoms with Crippen molar-refractivity contribution < 1.29 is 18.9 Å². The highest BCUT2D eigenvalue weighted by atomic mass is 16.5. The van der Waals surface area contributed by atoms with Crippen molar-refractivity contribution in [3.05, 3.63) is 0 Å². The Bertz CT molecular complexity index is 585. The first-order valence-corrected chi connectivity index (χ1v) is 7.25. The van der Waals surface area contributed by atoms with Crippen LogP contribution in [0.15, 0.2) is 0 Å². The number of hydrogen-bond acceptors (Lipinski definition) is 4. The summed E-state index contributed by atoms with van der Waals surface area (Å²) in [5, 5.41) is 0. The molecule has 0 unspecified atom stereocenters. The molecule has 0 aromatic carbocycles. The van der Waals surface area contributed by atoms with E-state index in [-0.39, 0.29) is 0 Å². The minimum absolute atomic E-state index is 0.292. The topological polar surface area (TPSA) is 36.9 Å². The maximum Gasteiger partial charge on any atom is 0.109 e. The zero-order chi connectivity index (χ0) is 18.8. The Morgan fingerprint density at radius 3 is 1.04 bits per heavy atom. The quantitative estimate of drug-likeness (QED) is 0.488. The summed E-state index contributed by atoms with van der Waals surface area (Å²) in [5.74, 6) is 23.4. The fraction of sp³-hybridized carbons (Fsp3) is 0.429. The maximum absolute atomic E-state index is 5.04. The smallest absolute Gasteiger partial charge is 0.109 e. The molecule has 4 nitrogen and oxygen atoms in total. The summed E-state index contributed by atoms with van der Waals surface area (Å²) >= 11 is 0. The minimum Gasteiger partial charge on any atom is -0.356 e. The van der Waals surface area contributed by atoms with Gasteiger partial charge >= 0.3 is 0 Å². The Morgan fingerprint density at radius 1 is 0.480 bits per heavy atom. The molecule has 0 saturated carbocycles. The Labute approximate surface area is 151 Å². The summed E-state index contributed by atoms with van der Waals surface area (Å²) in [6.45, 7) is 4.49. The van der Waals surface area contributed by atoms with Gasteiger partial charge in [0.2, 0.25) is 0 Å². The highest BCUT2D eigenvalue weighted by molar-refractivity contribution is 5.01. The van der Waals surface area contributed by atoms with Gasteiger partial charge in [-0.2, -0.15) is 0 Å². The van der Waals surface area contributed by atoms with Crippen molar-refractivity contribution in [2.75, 3.05) is 52.9 Å². The summed E-state index contributed by atoms with van der Waals surface area (Å²) in [7, 11) is 0. The summed E-state index contributed by atoms with van der Waals surface area (Å²) in [6.07, 6.45) is 14.8. The van der Waals surface area contributed by atoms with Gasteiger partial charge in [0.1, 0.15) is 52.9 Å². The first kappa shape index (κ1) is 24.5. The molecule has 0 N–H and O–H groups in total. The molecule has 0 atom stereocenters. The number of rotatable bonds is 8. The van der Waals surface area contributed by atoms with E-state index in [0.29, 0.717) is 52.9 Å². The van der Waals surface area contributed by atoms with E-state index >= 15 is 0 Å². The van der Waals surface area contributed by atoms with Crippen molar-refractivity contribution in [1.29, 1.82) is 0 Å². The van der Waals surface area contributed by atoms with Gasteiger partial charge in [-0.15, -0.1) is 25.2 Å². The predicted octanol–water partition coefficient (Wildman–Crippen LogP) is 0.969. The number of terminal acetylenes is 3. The van der Waals surface area contributed by atoms with Gasteiger partial charge in [-0.25, -0.2) is 0 Å². The molecule has 0 aromatic rings. The van der Waals surface area contributed by atoms with E-state index in [2.05, 4.69) is 53.3 Å². The highest BCUT2D eigenvalue weighted by Crippen LogP contribution is 1.73. The molecular weight excluding hydrogens is 316 g/mol. The van der Waals surface area contributed by atoms with Crippen molar-refractivity contribution in [1.82, 2.24) is 0 Å². The van der Waals surface area contributed by atoms with Crippen molar-refractivity contribution >= 4 is 0 Å². The lowest BCUT2D eigenvalue weighted by Gasteiger charge is -1.90. The molecule has 0 heterocycles. The predicted molar refractivity (Wildman–Crippen MR) is 98.8 cm³/mol. The summed E-state index contributed by atoms with van der Waals surface area (Å²) in [4.78, 5) is 0. The molecule has 0 aliphatic rings. The fourth-order valence-electron chi connectivity index (χ4n) is 0.912. The van der Waals surface area contributed by atoms with E-state index in [0.717, 1.165) is 0 Å². The third kappa shape index (κ3) is 29.8. The molecule has 25 heavy (non-hydrogen) atoms. The SMILES string of the molecule is C#CCOCC#CCOCC#C.C#CCOCC#CCOCC#CC. The molecule has 0 spiro atoms. The molecule has 0 aromatic heterocycles. The third-order valence-corrected chi connectivity index (χ3v) is 1.85. The zero-order valence-corrected chi connectivity index (χ0v) is 14.5. The van der Waals surface area contributed by atoms with E-state index in [1.54, 1.807) is 6.92 Å². The lowest BCUT2D eigenvalue weighted by atomic mass is 10.6. The summed E-state index contributed by atoms with van der Waals surface area (Å²) in [5.41, 5.74) is 0. The van der Waals surface area contributed by atoms with Crippen LogP contribution in [0.4, 0.5) is 0 Å². The van der Waals surface area contributed by atoms with Gasteiger partial charge < -0.3 is 18.9 Å². The van der Waals surface area contributed by atoms with Crippen molar-refractivity contribution in [3.63, 3.8) is 0 Å². The molecule has 0 radical (unpaired) electrons. The Kier molecular flexibility index (Phi) is 25.5. The first-order chi connectivity index (χ1) is 12.3. The van der Waals surface area contributed by atoms with Gasteiger partial charge in [0, 0.05) is 0 Å². The second-order valence-corrected chi connectivity index (χ2v) is 3.72. The van der Waals surface area contributed by atoms with Crippen LogP contribution in [0.5, 0.6) is 0 Å². The lowest BCUT2D eigenvalue weighted by Crippen LogP contribution is -1.94. The van der Waals surface area contributed by atoms with Crippen LogP contribution in [0.2, 0.25) is 0 Å².